The summed E-state index contributed by atoms with van der Waals surface area (Å²) in [6, 6.07) is -0.0227. The van der Waals surface area contributed by atoms with E-state index in [0.717, 1.165) is 25.9 Å². The molecule has 1 aliphatic heterocycles. The number of urea groups is 1. The third-order valence-electron chi connectivity index (χ3n) is 4.84. The molecule has 0 aromatic rings. The quantitative estimate of drug-likeness (QED) is 0.808. The second-order valence-corrected chi connectivity index (χ2v) is 6.25. The van der Waals surface area contributed by atoms with Crippen molar-refractivity contribution in [3.05, 3.63) is 0 Å². The van der Waals surface area contributed by atoms with Crippen molar-refractivity contribution in [1.82, 2.24) is 15.1 Å². The average Bonchev–Trinajstić information content (AvgIpc) is 2.59. The molecule has 2 fully saturated rings. The molecular weight excluding hydrogens is 284 g/mol. The lowest BCUT2D eigenvalue weighted by atomic mass is 9.82. The topological polar surface area (TPSA) is 87.9 Å². The second-order valence-electron chi connectivity index (χ2n) is 6.25. The number of carbonyl (C=O) groups is 2. The number of carbonyl (C=O) groups excluding carboxylic acids is 2. The van der Waals surface area contributed by atoms with Crippen LogP contribution in [0.3, 0.4) is 0 Å². The fraction of sp³-hybridized carbons (Fsp3) is 0.867. The number of hydrogen-bond donors (Lipinski definition) is 2. The molecule has 3 N–H and O–H groups in total. The number of methoxy groups -OCH3 is 1. The van der Waals surface area contributed by atoms with Crippen LogP contribution in [0.25, 0.3) is 0 Å². The molecule has 1 saturated carbocycles. The van der Waals surface area contributed by atoms with Crippen molar-refractivity contribution in [3.8, 4) is 0 Å². The van der Waals surface area contributed by atoms with Crippen LogP contribution in [0.15, 0.2) is 0 Å². The largest absolute Gasteiger partial charge is 0.453 e. The summed E-state index contributed by atoms with van der Waals surface area (Å²) in [6.45, 7) is 3.70. The Morgan fingerprint density at radius 1 is 1.05 bits per heavy atom. The van der Waals surface area contributed by atoms with Gasteiger partial charge in [0.1, 0.15) is 0 Å². The first-order valence-corrected chi connectivity index (χ1v) is 8.19. The van der Waals surface area contributed by atoms with Gasteiger partial charge in [-0.15, -0.1) is 0 Å². The minimum Gasteiger partial charge on any atom is -0.453 e. The number of nitrogens with two attached hydrogens (primary N) is 1. The lowest BCUT2D eigenvalue weighted by Gasteiger charge is -2.34. The van der Waals surface area contributed by atoms with E-state index >= 15 is 0 Å². The van der Waals surface area contributed by atoms with Crippen molar-refractivity contribution in [2.75, 3.05) is 46.4 Å². The number of hydrogen-bond acceptors (Lipinski definition) is 4. The van der Waals surface area contributed by atoms with Gasteiger partial charge >= 0.3 is 12.1 Å². The smallest absolute Gasteiger partial charge is 0.409 e. The normalized spacial score (nSPS) is 25.7. The van der Waals surface area contributed by atoms with Crippen molar-refractivity contribution < 1.29 is 14.3 Å². The predicted molar refractivity (Wildman–Crippen MR) is 83.5 cm³/mol. The molecule has 0 spiro atoms. The lowest BCUT2D eigenvalue weighted by Crippen LogP contribution is -2.53. The van der Waals surface area contributed by atoms with Crippen molar-refractivity contribution in [1.29, 1.82) is 0 Å². The fourth-order valence-electron chi connectivity index (χ4n) is 3.24. The second kappa shape index (κ2) is 8.22. The Morgan fingerprint density at radius 3 is 2.14 bits per heavy atom. The van der Waals surface area contributed by atoms with E-state index in [1.807, 2.05) is 0 Å². The standard InChI is InChI=1S/C15H28N4O3/c1-22-15(21)19-8-6-18(7-9-19)14(20)17-11-13-4-2-12(10-16)3-5-13/h12-13H,2-11,16H2,1H3,(H,17,20). The fourth-order valence-corrected chi connectivity index (χ4v) is 3.24. The van der Waals surface area contributed by atoms with E-state index in [0.29, 0.717) is 38.0 Å². The maximum Gasteiger partial charge on any atom is 0.409 e. The van der Waals surface area contributed by atoms with Gasteiger partial charge < -0.3 is 25.6 Å². The minimum atomic E-state index is -0.322. The van der Waals surface area contributed by atoms with Gasteiger partial charge in [-0.1, -0.05) is 0 Å². The number of nitrogens with one attached hydrogen (secondary N) is 1. The van der Waals surface area contributed by atoms with Crippen LogP contribution in [-0.2, 0) is 4.74 Å². The number of nitrogens with zero attached hydrogens (tertiary/aromatic N) is 2. The minimum absolute atomic E-state index is 0.0227. The zero-order valence-corrected chi connectivity index (χ0v) is 13.4. The monoisotopic (exact) mass is 312 g/mol. The number of amides is 3. The zero-order valence-electron chi connectivity index (χ0n) is 13.4. The average molecular weight is 312 g/mol. The molecule has 0 bridgehead atoms. The molecule has 7 nitrogen and oxygen atoms in total. The van der Waals surface area contributed by atoms with Crippen LogP contribution in [0.1, 0.15) is 25.7 Å². The third kappa shape index (κ3) is 4.50. The summed E-state index contributed by atoms with van der Waals surface area (Å²) in [5.74, 6) is 1.24. The summed E-state index contributed by atoms with van der Waals surface area (Å²) in [6.07, 6.45) is 4.33. The highest BCUT2D eigenvalue weighted by atomic mass is 16.5. The molecule has 0 radical (unpaired) electrons. The molecule has 0 atom stereocenters. The molecule has 1 aliphatic carbocycles. The van der Waals surface area contributed by atoms with Gasteiger partial charge in [-0.05, 0) is 44.1 Å². The Bertz CT molecular complexity index is 375. The Hall–Kier alpha value is -1.50. The summed E-state index contributed by atoms with van der Waals surface area (Å²) in [7, 11) is 1.38. The van der Waals surface area contributed by atoms with Gasteiger partial charge in [-0.2, -0.15) is 0 Å². The highest BCUT2D eigenvalue weighted by Gasteiger charge is 2.25. The molecule has 1 heterocycles. The molecule has 2 aliphatic rings. The molecule has 0 unspecified atom stereocenters. The van der Waals surface area contributed by atoms with Gasteiger partial charge in [-0.25, -0.2) is 9.59 Å². The Kier molecular flexibility index (Phi) is 6.30. The first kappa shape index (κ1) is 16.9. The maximum atomic E-state index is 12.2. The van der Waals surface area contributed by atoms with E-state index in [-0.39, 0.29) is 12.1 Å². The van der Waals surface area contributed by atoms with Gasteiger partial charge in [-0.3, -0.25) is 0 Å². The number of rotatable bonds is 3. The van der Waals surface area contributed by atoms with Gasteiger partial charge in [0.2, 0.25) is 0 Å². The summed E-state index contributed by atoms with van der Waals surface area (Å²) in [5.41, 5.74) is 5.70. The van der Waals surface area contributed by atoms with Crippen LogP contribution in [0, 0.1) is 11.8 Å². The summed E-state index contributed by atoms with van der Waals surface area (Å²) in [4.78, 5) is 27.0. The SMILES string of the molecule is COC(=O)N1CCN(C(=O)NCC2CCC(CN)CC2)CC1. The Morgan fingerprint density at radius 2 is 1.59 bits per heavy atom. The third-order valence-corrected chi connectivity index (χ3v) is 4.84. The van der Waals surface area contributed by atoms with E-state index in [9.17, 15) is 9.59 Å². The maximum absolute atomic E-state index is 12.2. The first-order chi connectivity index (χ1) is 10.6. The highest BCUT2D eigenvalue weighted by molar-refractivity contribution is 5.75. The molecule has 22 heavy (non-hydrogen) atoms. The molecule has 3 amide bonds. The number of piperazine rings is 1. The van der Waals surface area contributed by atoms with E-state index in [2.05, 4.69) is 10.1 Å². The van der Waals surface area contributed by atoms with Gasteiger partial charge in [0.25, 0.3) is 0 Å². The predicted octanol–water partition coefficient (Wildman–Crippen LogP) is 0.845. The van der Waals surface area contributed by atoms with Crippen LogP contribution in [0.5, 0.6) is 0 Å². The summed E-state index contributed by atoms with van der Waals surface area (Å²) >= 11 is 0. The van der Waals surface area contributed by atoms with Crippen LogP contribution in [0.2, 0.25) is 0 Å². The Balaban J connectivity index is 1.65. The molecule has 7 heteroatoms. The van der Waals surface area contributed by atoms with E-state index in [4.69, 9.17) is 5.73 Å². The molecule has 0 aromatic carbocycles. The van der Waals surface area contributed by atoms with Crippen LogP contribution in [0.4, 0.5) is 9.59 Å². The summed E-state index contributed by atoms with van der Waals surface area (Å²) < 4.78 is 4.69. The van der Waals surface area contributed by atoms with Gasteiger partial charge in [0.15, 0.2) is 0 Å². The zero-order chi connectivity index (χ0) is 15.9. The van der Waals surface area contributed by atoms with Gasteiger partial charge in [0.05, 0.1) is 7.11 Å². The Labute approximate surface area is 132 Å². The van der Waals surface area contributed by atoms with Crippen molar-refractivity contribution in [3.63, 3.8) is 0 Å². The number of ether oxygens (including phenoxy) is 1. The van der Waals surface area contributed by atoms with Crippen molar-refractivity contribution >= 4 is 12.1 Å². The summed E-state index contributed by atoms with van der Waals surface area (Å²) in [5, 5.41) is 3.03. The van der Waals surface area contributed by atoms with E-state index in [1.165, 1.54) is 20.0 Å². The molecule has 0 aromatic heterocycles. The molecule has 1 saturated heterocycles. The van der Waals surface area contributed by atoms with Crippen molar-refractivity contribution in [2.45, 2.75) is 25.7 Å². The molecular formula is C15H28N4O3. The van der Waals surface area contributed by atoms with Crippen molar-refractivity contribution in [2.24, 2.45) is 17.6 Å². The first-order valence-electron chi connectivity index (χ1n) is 8.19. The highest BCUT2D eigenvalue weighted by Crippen LogP contribution is 2.27. The van der Waals surface area contributed by atoms with Crippen LogP contribution in [-0.4, -0.2) is 68.3 Å². The van der Waals surface area contributed by atoms with E-state index in [1.54, 1.807) is 9.80 Å². The lowest BCUT2D eigenvalue weighted by molar-refractivity contribution is 0.0967. The van der Waals surface area contributed by atoms with Crippen LogP contribution >= 0.6 is 0 Å². The molecule has 126 valence electrons. The van der Waals surface area contributed by atoms with Gasteiger partial charge in [0, 0.05) is 32.7 Å². The van der Waals surface area contributed by atoms with E-state index < -0.39 is 0 Å². The van der Waals surface area contributed by atoms with Crippen LogP contribution < -0.4 is 11.1 Å². The molecule has 2 rings (SSSR count).